The van der Waals surface area contributed by atoms with Gasteiger partial charge in [0.1, 0.15) is 5.75 Å². The van der Waals surface area contributed by atoms with Crippen molar-refractivity contribution in [2.75, 3.05) is 32.8 Å². The molecule has 0 atom stereocenters. The second-order valence-corrected chi connectivity index (χ2v) is 7.18. The predicted molar refractivity (Wildman–Crippen MR) is 110 cm³/mol. The minimum Gasteiger partial charge on any atom is -0.494 e. The normalized spacial score (nSPS) is 14.1. The summed E-state index contributed by atoms with van der Waals surface area (Å²) in [5.41, 5.74) is 2.49. The second kappa shape index (κ2) is 9.40. The Kier molecular flexibility index (Phi) is 6.69. The van der Waals surface area contributed by atoms with Gasteiger partial charge < -0.3 is 14.5 Å². The number of piperazine rings is 1. The van der Waals surface area contributed by atoms with Crippen LogP contribution in [-0.2, 0) is 0 Å². The van der Waals surface area contributed by atoms with Gasteiger partial charge in [0.2, 0.25) is 0 Å². The number of carbonyl (C=O) groups is 2. The Balaban J connectivity index is 1.53. The molecular formula is C23H28N2O3. The van der Waals surface area contributed by atoms with Gasteiger partial charge in [-0.3, -0.25) is 9.59 Å². The van der Waals surface area contributed by atoms with Crippen LogP contribution in [0.1, 0.15) is 46.0 Å². The van der Waals surface area contributed by atoms with Gasteiger partial charge >= 0.3 is 0 Å². The molecule has 1 aliphatic rings. The molecular weight excluding hydrogens is 352 g/mol. The molecule has 1 fully saturated rings. The highest BCUT2D eigenvalue weighted by Crippen LogP contribution is 2.16. The van der Waals surface area contributed by atoms with Gasteiger partial charge in [0, 0.05) is 37.3 Å². The summed E-state index contributed by atoms with van der Waals surface area (Å²) < 4.78 is 5.65. The molecule has 0 bridgehead atoms. The fraction of sp³-hybridized carbons (Fsp3) is 0.391. The molecule has 0 unspecified atom stereocenters. The molecule has 2 amide bonds. The third-order valence-corrected chi connectivity index (χ3v) is 5.02. The fourth-order valence-corrected chi connectivity index (χ4v) is 3.20. The van der Waals surface area contributed by atoms with Crippen molar-refractivity contribution in [3.8, 4) is 5.75 Å². The maximum Gasteiger partial charge on any atom is 0.253 e. The molecule has 2 aromatic carbocycles. The van der Waals surface area contributed by atoms with Crippen molar-refractivity contribution in [1.82, 2.24) is 9.80 Å². The first-order valence-corrected chi connectivity index (χ1v) is 9.96. The molecule has 1 saturated heterocycles. The summed E-state index contributed by atoms with van der Waals surface area (Å²) in [5.74, 6) is 0.821. The van der Waals surface area contributed by atoms with E-state index in [-0.39, 0.29) is 11.8 Å². The average Bonchev–Trinajstić information content (AvgIpc) is 2.74. The highest BCUT2D eigenvalue weighted by molar-refractivity contribution is 5.96. The van der Waals surface area contributed by atoms with Gasteiger partial charge in [-0.25, -0.2) is 0 Å². The molecule has 0 spiro atoms. The Labute approximate surface area is 166 Å². The van der Waals surface area contributed by atoms with Crippen molar-refractivity contribution in [3.63, 3.8) is 0 Å². The van der Waals surface area contributed by atoms with Gasteiger partial charge in [0.05, 0.1) is 6.61 Å². The first kappa shape index (κ1) is 19.9. The molecule has 2 aromatic rings. The number of rotatable bonds is 6. The number of unbranched alkanes of at least 4 members (excludes halogenated alkanes) is 1. The minimum atomic E-state index is 0.00235. The number of benzene rings is 2. The smallest absolute Gasteiger partial charge is 0.253 e. The fourth-order valence-electron chi connectivity index (χ4n) is 3.20. The quantitative estimate of drug-likeness (QED) is 0.717. The van der Waals surface area contributed by atoms with Crippen LogP contribution in [0.15, 0.2) is 48.5 Å². The van der Waals surface area contributed by atoms with E-state index >= 15 is 0 Å². The lowest BCUT2D eigenvalue weighted by atomic mass is 10.1. The molecule has 0 radical (unpaired) electrons. The summed E-state index contributed by atoms with van der Waals surface area (Å²) in [6, 6.07) is 14.9. The summed E-state index contributed by atoms with van der Waals surface area (Å²) in [5, 5.41) is 0. The topological polar surface area (TPSA) is 49.9 Å². The van der Waals surface area contributed by atoms with Crippen molar-refractivity contribution in [2.45, 2.75) is 26.7 Å². The molecule has 28 heavy (non-hydrogen) atoms. The Morgan fingerprint density at radius 2 is 1.29 bits per heavy atom. The number of aryl methyl sites for hydroxylation is 1. The summed E-state index contributed by atoms with van der Waals surface area (Å²) in [6.45, 7) is 7.02. The molecule has 0 saturated carbocycles. The van der Waals surface area contributed by atoms with E-state index in [2.05, 4.69) is 6.92 Å². The molecule has 5 heteroatoms. The van der Waals surface area contributed by atoms with Crippen LogP contribution in [0.4, 0.5) is 0 Å². The van der Waals surface area contributed by atoms with Crippen molar-refractivity contribution in [2.24, 2.45) is 0 Å². The van der Waals surface area contributed by atoms with Crippen LogP contribution in [0.3, 0.4) is 0 Å². The molecule has 1 heterocycles. The Bertz CT molecular complexity index is 792. The van der Waals surface area contributed by atoms with E-state index in [0.29, 0.717) is 43.9 Å². The number of nitrogens with zero attached hydrogens (tertiary/aromatic N) is 2. The van der Waals surface area contributed by atoms with E-state index < -0.39 is 0 Å². The van der Waals surface area contributed by atoms with Crippen LogP contribution in [0.2, 0.25) is 0 Å². The lowest BCUT2D eigenvalue weighted by molar-refractivity contribution is 0.0535. The maximum atomic E-state index is 12.7. The zero-order valence-electron chi connectivity index (χ0n) is 16.7. The van der Waals surface area contributed by atoms with Crippen LogP contribution in [0.5, 0.6) is 5.75 Å². The van der Waals surface area contributed by atoms with Gasteiger partial charge in [-0.05, 0) is 49.7 Å². The molecule has 0 aromatic heterocycles. The molecule has 0 N–H and O–H groups in total. The van der Waals surface area contributed by atoms with Gasteiger partial charge in [-0.15, -0.1) is 0 Å². The van der Waals surface area contributed by atoms with E-state index in [1.54, 1.807) is 0 Å². The van der Waals surface area contributed by atoms with Gasteiger partial charge in [0.25, 0.3) is 11.8 Å². The molecule has 1 aliphatic heterocycles. The average molecular weight is 380 g/mol. The van der Waals surface area contributed by atoms with Crippen LogP contribution >= 0.6 is 0 Å². The van der Waals surface area contributed by atoms with E-state index in [4.69, 9.17) is 4.74 Å². The summed E-state index contributed by atoms with van der Waals surface area (Å²) in [7, 11) is 0. The van der Waals surface area contributed by atoms with E-state index in [1.165, 1.54) is 0 Å². The predicted octanol–water partition coefficient (Wildman–Crippen LogP) is 3.77. The highest BCUT2D eigenvalue weighted by Gasteiger charge is 2.25. The molecule has 0 aliphatic carbocycles. The second-order valence-electron chi connectivity index (χ2n) is 7.18. The van der Waals surface area contributed by atoms with Gasteiger partial charge in [-0.1, -0.05) is 31.0 Å². The molecule has 148 valence electrons. The summed E-state index contributed by atoms with van der Waals surface area (Å²) >= 11 is 0. The monoisotopic (exact) mass is 380 g/mol. The zero-order chi connectivity index (χ0) is 19.9. The van der Waals surface area contributed by atoms with Crippen molar-refractivity contribution in [1.29, 1.82) is 0 Å². The SMILES string of the molecule is CCCCOc1ccc(C(=O)N2CCN(C(=O)c3ccc(C)cc3)CC2)cc1. The van der Waals surface area contributed by atoms with Crippen molar-refractivity contribution in [3.05, 3.63) is 65.2 Å². The summed E-state index contributed by atoms with van der Waals surface area (Å²) in [4.78, 5) is 29.0. The van der Waals surface area contributed by atoms with Crippen molar-refractivity contribution < 1.29 is 14.3 Å². The maximum absolute atomic E-state index is 12.7. The third-order valence-electron chi connectivity index (χ3n) is 5.02. The lowest BCUT2D eigenvalue weighted by Gasteiger charge is -2.35. The highest BCUT2D eigenvalue weighted by atomic mass is 16.5. The molecule has 5 nitrogen and oxygen atoms in total. The Hall–Kier alpha value is -2.82. The first-order valence-electron chi connectivity index (χ1n) is 9.96. The number of hydrogen-bond donors (Lipinski definition) is 0. The van der Waals surface area contributed by atoms with Crippen LogP contribution in [0, 0.1) is 6.92 Å². The largest absolute Gasteiger partial charge is 0.494 e. The number of hydrogen-bond acceptors (Lipinski definition) is 3. The van der Waals surface area contributed by atoms with Crippen LogP contribution in [0.25, 0.3) is 0 Å². The number of carbonyl (C=O) groups excluding carboxylic acids is 2. The van der Waals surface area contributed by atoms with E-state index in [0.717, 1.165) is 24.2 Å². The van der Waals surface area contributed by atoms with Gasteiger partial charge in [-0.2, -0.15) is 0 Å². The number of amides is 2. The third kappa shape index (κ3) is 4.91. The standard InChI is InChI=1S/C23H28N2O3/c1-3-4-17-28-21-11-9-20(10-12-21)23(27)25-15-13-24(14-16-25)22(26)19-7-5-18(2)6-8-19/h5-12H,3-4,13-17H2,1-2H3. The lowest BCUT2D eigenvalue weighted by Crippen LogP contribution is -2.50. The van der Waals surface area contributed by atoms with Crippen LogP contribution < -0.4 is 4.74 Å². The minimum absolute atomic E-state index is 0.00235. The molecule has 3 rings (SSSR count). The van der Waals surface area contributed by atoms with Crippen molar-refractivity contribution >= 4 is 11.8 Å². The number of ether oxygens (including phenoxy) is 1. The first-order chi connectivity index (χ1) is 13.6. The van der Waals surface area contributed by atoms with Crippen LogP contribution in [-0.4, -0.2) is 54.4 Å². The summed E-state index contributed by atoms with van der Waals surface area (Å²) in [6.07, 6.45) is 2.11. The van der Waals surface area contributed by atoms with E-state index in [1.807, 2.05) is 65.3 Å². The zero-order valence-corrected chi connectivity index (χ0v) is 16.7. The Morgan fingerprint density at radius 3 is 1.75 bits per heavy atom. The van der Waals surface area contributed by atoms with Gasteiger partial charge in [0.15, 0.2) is 0 Å². The van der Waals surface area contributed by atoms with E-state index in [9.17, 15) is 9.59 Å². The Morgan fingerprint density at radius 1 is 0.821 bits per heavy atom.